The van der Waals surface area contributed by atoms with Crippen LogP contribution in [0, 0.1) is 0 Å². The van der Waals surface area contributed by atoms with Crippen molar-refractivity contribution in [3.63, 3.8) is 0 Å². The highest BCUT2D eigenvalue weighted by molar-refractivity contribution is 7.90. The predicted molar refractivity (Wildman–Crippen MR) is 73.6 cm³/mol. The Morgan fingerprint density at radius 3 is 2.47 bits per heavy atom. The van der Waals surface area contributed by atoms with E-state index < -0.39 is 15.1 Å². The second kappa shape index (κ2) is 6.00. The van der Waals surface area contributed by atoms with Crippen molar-refractivity contribution in [2.75, 3.05) is 12.8 Å². The van der Waals surface area contributed by atoms with Crippen molar-refractivity contribution in [1.29, 1.82) is 0 Å². The average Bonchev–Trinajstić information content (AvgIpc) is 2.69. The fourth-order valence-corrected chi connectivity index (χ4v) is 1.88. The summed E-state index contributed by atoms with van der Waals surface area (Å²) in [6.07, 6.45) is 2.67. The van der Waals surface area contributed by atoms with E-state index in [2.05, 4.69) is 36.3 Å². The Morgan fingerprint density at radius 2 is 1.95 bits per heavy atom. The van der Waals surface area contributed by atoms with E-state index in [1.54, 1.807) is 6.92 Å². The lowest BCUT2D eigenvalue weighted by atomic mass is 10.1. The molecule has 0 aliphatic carbocycles. The van der Waals surface area contributed by atoms with Gasteiger partial charge in [-0.2, -0.15) is 0 Å². The third kappa shape index (κ3) is 5.69. The minimum absolute atomic E-state index is 0.0881. The SMILES string of the molecule is CC(c1nnc(CCCNC(C)(C)C)o1)S(C)(=O)=O. The van der Waals surface area contributed by atoms with E-state index in [0.29, 0.717) is 12.3 Å². The Hall–Kier alpha value is -0.950. The van der Waals surface area contributed by atoms with Crippen molar-refractivity contribution in [3.05, 3.63) is 11.8 Å². The van der Waals surface area contributed by atoms with Gasteiger partial charge in [-0.15, -0.1) is 10.2 Å². The molecule has 1 rings (SSSR count). The molecule has 1 unspecified atom stereocenters. The highest BCUT2D eigenvalue weighted by Gasteiger charge is 2.23. The lowest BCUT2D eigenvalue weighted by molar-refractivity contribution is 0.404. The predicted octanol–water partition coefficient (Wildman–Crippen LogP) is 1.50. The van der Waals surface area contributed by atoms with E-state index in [1.807, 2.05) is 0 Å². The summed E-state index contributed by atoms with van der Waals surface area (Å²) < 4.78 is 28.1. The molecule has 0 bridgehead atoms. The molecule has 0 amide bonds. The van der Waals surface area contributed by atoms with Gasteiger partial charge in [-0.3, -0.25) is 0 Å². The van der Waals surface area contributed by atoms with Crippen LogP contribution in [-0.4, -0.2) is 37.0 Å². The molecular weight excluding hydrogens is 266 g/mol. The molecule has 0 aliphatic rings. The van der Waals surface area contributed by atoms with Crippen LogP contribution in [0.3, 0.4) is 0 Å². The fraction of sp³-hybridized carbons (Fsp3) is 0.833. The molecule has 1 aromatic rings. The van der Waals surface area contributed by atoms with E-state index >= 15 is 0 Å². The van der Waals surface area contributed by atoms with Crippen LogP contribution < -0.4 is 5.32 Å². The number of nitrogens with one attached hydrogen (secondary N) is 1. The van der Waals surface area contributed by atoms with Gasteiger partial charge in [0.2, 0.25) is 11.8 Å². The first-order chi connectivity index (χ1) is 8.59. The molecule has 0 saturated heterocycles. The standard InChI is InChI=1S/C12H23N3O3S/c1-9(19(5,16)17)11-15-14-10(18-11)7-6-8-13-12(2,3)4/h9,13H,6-8H2,1-5H3. The maximum Gasteiger partial charge on any atom is 0.234 e. The number of sulfone groups is 1. The molecule has 7 heteroatoms. The van der Waals surface area contributed by atoms with Crippen LogP contribution >= 0.6 is 0 Å². The monoisotopic (exact) mass is 289 g/mol. The molecule has 0 saturated carbocycles. The quantitative estimate of drug-likeness (QED) is 0.799. The van der Waals surface area contributed by atoms with Gasteiger partial charge < -0.3 is 9.73 Å². The average molecular weight is 289 g/mol. The molecule has 0 aromatic carbocycles. The van der Waals surface area contributed by atoms with Gasteiger partial charge in [0.15, 0.2) is 9.84 Å². The lowest BCUT2D eigenvalue weighted by Crippen LogP contribution is -2.36. The van der Waals surface area contributed by atoms with Crippen molar-refractivity contribution in [2.24, 2.45) is 0 Å². The molecule has 0 radical (unpaired) electrons. The summed E-state index contributed by atoms with van der Waals surface area (Å²) in [5.74, 6) is 0.655. The molecule has 110 valence electrons. The molecule has 0 fully saturated rings. The summed E-state index contributed by atoms with van der Waals surface area (Å²) in [5.41, 5.74) is 0.0881. The van der Waals surface area contributed by atoms with Gasteiger partial charge in [-0.05, 0) is 40.7 Å². The van der Waals surface area contributed by atoms with Crippen LogP contribution in [0.4, 0.5) is 0 Å². The van der Waals surface area contributed by atoms with Gasteiger partial charge in [0.05, 0.1) is 0 Å². The highest BCUT2D eigenvalue weighted by Crippen LogP contribution is 2.19. The first-order valence-electron chi connectivity index (χ1n) is 6.36. The minimum Gasteiger partial charge on any atom is -0.424 e. The van der Waals surface area contributed by atoms with Gasteiger partial charge >= 0.3 is 0 Å². The smallest absolute Gasteiger partial charge is 0.234 e. The van der Waals surface area contributed by atoms with Crippen molar-refractivity contribution >= 4 is 9.84 Å². The van der Waals surface area contributed by atoms with Crippen molar-refractivity contribution < 1.29 is 12.8 Å². The van der Waals surface area contributed by atoms with Crippen LogP contribution in [0.15, 0.2) is 4.42 Å². The second-order valence-corrected chi connectivity index (χ2v) is 8.15. The molecule has 6 nitrogen and oxygen atoms in total. The number of aromatic nitrogens is 2. The van der Waals surface area contributed by atoms with Gasteiger partial charge in [0, 0.05) is 18.2 Å². The van der Waals surface area contributed by atoms with Gasteiger partial charge in [0.25, 0.3) is 0 Å². The number of aryl methyl sites for hydroxylation is 1. The van der Waals surface area contributed by atoms with Gasteiger partial charge in [-0.1, -0.05) is 0 Å². The van der Waals surface area contributed by atoms with Crippen LogP contribution in [0.25, 0.3) is 0 Å². The van der Waals surface area contributed by atoms with Crippen LogP contribution in [0.2, 0.25) is 0 Å². The molecule has 1 heterocycles. The Kier molecular flexibility index (Phi) is 5.09. The summed E-state index contributed by atoms with van der Waals surface area (Å²) in [6, 6.07) is 0. The Balaban J connectivity index is 2.48. The Labute approximate surface area is 114 Å². The Bertz CT molecular complexity index is 503. The Morgan fingerprint density at radius 1 is 1.32 bits per heavy atom. The highest BCUT2D eigenvalue weighted by atomic mass is 32.2. The molecule has 0 aliphatic heterocycles. The first-order valence-corrected chi connectivity index (χ1v) is 8.31. The van der Waals surface area contributed by atoms with Gasteiger partial charge in [0.1, 0.15) is 5.25 Å². The molecule has 19 heavy (non-hydrogen) atoms. The van der Waals surface area contributed by atoms with E-state index in [0.717, 1.165) is 19.2 Å². The summed E-state index contributed by atoms with van der Waals surface area (Å²) >= 11 is 0. The van der Waals surface area contributed by atoms with Crippen molar-refractivity contribution in [1.82, 2.24) is 15.5 Å². The maximum absolute atomic E-state index is 11.4. The van der Waals surface area contributed by atoms with E-state index in [-0.39, 0.29) is 11.4 Å². The van der Waals surface area contributed by atoms with Crippen LogP contribution in [-0.2, 0) is 16.3 Å². The normalized spacial score (nSPS) is 14.6. The first kappa shape index (κ1) is 16.1. The van der Waals surface area contributed by atoms with Crippen molar-refractivity contribution in [3.8, 4) is 0 Å². The second-order valence-electron chi connectivity index (χ2n) is 5.79. The maximum atomic E-state index is 11.4. The fourth-order valence-electron chi connectivity index (χ4n) is 1.42. The largest absolute Gasteiger partial charge is 0.424 e. The molecule has 0 spiro atoms. The zero-order chi connectivity index (χ0) is 14.7. The molecule has 1 atom stereocenters. The van der Waals surface area contributed by atoms with Crippen molar-refractivity contribution in [2.45, 2.75) is 51.3 Å². The summed E-state index contributed by atoms with van der Waals surface area (Å²) in [4.78, 5) is 0. The third-order valence-corrected chi connectivity index (χ3v) is 4.18. The molecule has 1 N–H and O–H groups in total. The van der Waals surface area contributed by atoms with E-state index in [1.165, 1.54) is 0 Å². The molecular formula is C12H23N3O3S. The zero-order valence-electron chi connectivity index (χ0n) is 12.2. The minimum atomic E-state index is -3.20. The summed E-state index contributed by atoms with van der Waals surface area (Å²) in [6.45, 7) is 8.71. The number of rotatable bonds is 6. The number of nitrogens with zero attached hydrogens (tertiary/aromatic N) is 2. The van der Waals surface area contributed by atoms with E-state index in [4.69, 9.17) is 4.42 Å². The molecule has 1 aromatic heterocycles. The summed E-state index contributed by atoms with van der Waals surface area (Å²) in [7, 11) is -3.20. The topological polar surface area (TPSA) is 85.1 Å². The zero-order valence-corrected chi connectivity index (χ0v) is 13.0. The van der Waals surface area contributed by atoms with E-state index in [9.17, 15) is 8.42 Å². The number of hydrogen-bond donors (Lipinski definition) is 1. The van der Waals surface area contributed by atoms with Crippen LogP contribution in [0.1, 0.15) is 51.1 Å². The van der Waals surface area contributed by atoms with Crippen LogP contribution in [0.5, 0.6) is 0 Å². The summed E-state index contributed by atoms with van der Waals surface area (Å²) in [5, 5.41) is 10.3. The van der Waals surface area contributed by atoms with Gasteiger partial charge in [-0.25, -0.2) is 8.42 Å². The third-order valence-electron chi connectivity index (χ3n) is 2.70. The lowest BCUT2D eigenvalue weighted by Gasteiger charge is -2.19. The number of hydrogen-bond acceptors (Lipinski definition) is 6.